The SMILES string of the molecule is CC1OCCC1C(CN)C(F)F. The lowest BCUT2D eigenvalue weighted by Gasteiger charge is -2.23. The van der Waals surface area contributed by atoms with E-state index in [1.54, 1.807) is 0 Å². The topological polar surface area (TPSA) is 35.2 Å². The van der Waals surface area contributed by atoms with Crippen LogP contribution < -0.4 is 5.73 Å². The molecule has 0 aliphatic carbocycles. The lowest BCUT2D eigenvalue weighted by atomic mass is 9.87. The van der Waals surface area contributed by atoms with Crippen molar-refractivity contribution >= 4 is 0 Å². The molecule has 4 heteroatoms. The molecule has 0 amide bonds. The molecule has 2 N–H and O–H groups in total. The molecule has 0 aromatic heterocycles. The molecule has 3 atom stereocenters. The molecule has 72 valence electrons. The minimum atomic E-state index is -2.32. The Labute approximate surface area is 71.1 Å². The number of hydrogen-bond donors (Lipinski definition) is 1. The maximum atomic E-state index is 12.4. The molecule has 0 aromatic carbocycles. The van der Waals surface area contributed by atoms with Crippen LogP contribution in [0.4, 0.5) is 8.78 Å². The van der Waals surface area contributed by atoms with Crippen LogP contribution in [0, 0.1) is 11.8 Å². The van der Waals surface area contributed by atoms with Crippen LogP contribution in [0.5, 0.6) is 0 Å². The van der Waals surface area contributed by atoms with Crippen molar-refractivity contribution in [3.05, 3.63) is 0 Å². The monoisotopic (exact) mass is 179 g/mol. The van der Waals surface area contributed by atoms with Gasteiger partial charge in [-0.05, 0) is 19.3 Å². The Kier molecular flexibility index (Phi) is 3.40. The molecule has 1 heterocycles. The van der Waals surface area contributed by atoms with Gasteiger partial charge >= 0.3 is 0 Å². The van der Waals surface area contributed by atoms with Gasteiger partial charge in [-0.15, -0.1) is 0 Å². The third-order valence-corrected chi connectivity index (χ3v) is 2.58. The van der Waals surface area contributed by atoms with E-state index in [0.29, 0.717) is 13.0 Å². The van der Waals surface area contributed by atoms with Crippen molar-refractivity contribution in [2.45, 2.75) is 25.9 Å². The van der Waals surface area contributed by atoms with Crippen LogP contribution in [0.15, 0.2) is 0 Å². The zero-order chi connectivity index (χ0) is 9.14. The summed E-state index contributed by atoms with van der Waals surface area (Å²) in [7, 11) is 0. The fourth-order valence-corrected chi connectivity index (χ4v) is 1.78. The summed E-state index contributed by atoms with van der Waals surface area (Å²) in [5.41, 5.74) is 5.28. The average molecular weight is 179 g/mol. The first-order valence-corrected chi connectivity index (χ1v) is 4.26. The summed E-state index contributed by atoms with van der Waals surface area (Å²) >= 11 is 0. The lowest BCUT2D eigenvalue weighted by molar-refractivity contribution is 0.0180. The Morgan fingerprint density at radius 1 is 1.58 bits per heavy atom. The molecule has 2 nitrogen and oxygen atoms in total. The van der Waals surface area contributed by atoms with Crippen LogP contribution in [0.25, 0.3) is 0 Å². The number of ether oxygens (including phenoxy) is 1. The van der Waals surface area contributed by atoms with Gasteiger partial charge in [-0.1, -0.05) is 0 Å². The summed E-state index contributed by atoms with van der Waals surface area (Å²) in [6, 6.07) is 0. The minimum absolute atomic E-state index is 0.0516. The normalized spacial score (nSPS) is 32.8. The quantitative estimate of drug-likeness (QED) is 0.707. The van der Waals surface area contributed by atoms with E-state index >= 15 is 0 Å². The first kappa shape index (κ1) is 9.86. The number of halogens is 2. The third-order valence-electron chi connectivity index (χ3n) is 2.58. The molecule has 1 rings (SSSR count). The smallest absolute Gasteiger partial charge is 0.243 e. The Hall–Kier alpha value is -0.220. The first-order valence-electron chi connectivity index (χ1n) is 4.26. The third kappa shape index (κ3) is 1.93. The van der Waals surface area contributed by atoms with Gasteiger partial charge in [0.15, 0.2) is 0 Å². The summed E-state index contributed by atoms with van der Waals surface area (Å²) in [5.74, 6) is -0.752. The van der Waals surface area contributed by atoms with Gasteiger partial charge in [0.25, 0.3) is 0 Å². The molecule has 1 aliphatic heterocycles. The highest BCUT2D eigenvalue weighted by Crippen LogP contribution is 2.31. The Balaban J connectivity index is 2.52. The minimum Gasteiger partial charge on any atom is -0.378 e. The molecule has 1 saturated heterocycles. The van der Waals surface area contributed by atoms with E-state index in [1.165, 1.54) is 0 Å². The van der Waals surface area contributed by atoms with Crippen molar-refractivity contribution in [2.24, 2.45) is 17.6 Å². The maximum Gasteiger partial charge on any atom is 0.243 e. The van der Waals surface area contributed by atoms with Gasteiger partial charge in [0.05, 0.1) is 6.10 Å². The average Bonchev–Trinajstić information content (AvgIpc) is 2.38. The van der Waals surface area contributed by atoms with Gasteiger partial charge < -0.3 is 10.5 Å². The fourth-order valence-electron chi connectivity index (χ4n) is 1.78. The van der Waals surface area contributed by atoms with Gasteiger partial charge in [-0.2, -0.15) is 0 Å². The van der Waals surface area contributed by atoms with E-state index in [-0.39, 0.29) is 18.6 Å². The van der Waals surface area contributed by atoms with Crippen LogP contribution in [-0.4, -0.2) is 25.7 Å². The second kappa shape index (κ2) is 4.14. The first-order chi connectivity index (χ1) is 5.66. The van der Waals surface area contributed by atoms with E-state index < -0.39 is 12.3 Å². The second-order valence-corrected chi connectivity index (χ2v) is 3.26. The molecule has 1 fully saturated rings. The number of hydrogen-bond acceptors (Lipinski definition) is 2. The van der Waals surface area contributed by atoms with Gasteiger partial charge in [0.2, 0.25) is 6.43 Å². The van der Waals surface area contributed by atoms with E-state index in [0.717, 1.165) is 0 Å². The molecule has 12 heavy (non-hydrogen) atoms. The number of rotatable bonds is 3. The van der Waals surface area contributed by atoms with E-state index in [1.807, 2.05) is 6.92 Å². The molecule has 0 radical (unpaired) electrons. The number of alkyl halides is 2. The predicted molar refractivity (Wildman–Crippen MR) is 42.1 cm³/mol. The number of nitrogens with two attached hydrogens (primary N) is 1. The molecule has 3 unspecified atom stereocenters. The van der Waals surface area contributed by atoms with Gasteiger partial charge in [0.1, 0.15) is 0 Å². The summed E-state index contributed by atoms with van der Waals surface area (Å²) < 4.78 is 30.0. The van der Waals surface area contributed by atoms with E-state index in [9.17, 15) is 8.78 Å². The van der Waals surface area contributed by atoms with E-state index in [2.05, 4.69) is 0 Å². The summed E-state index contributed by atoms with van der Waals surface area (Å²) in [6.45, 7) is 2.48. The van der Waals surface area contributed by atoms with Crippen LogP contribution in [0.2, 0.25) is 0 Å². The molecule has 0 bridgehead atoms. The standard InChI is InChI=1S/C8H15F2NO/c1-5-6(2-3-12-5)7(4-11)8(9)10/h5-8H,2-4,11H2,1H3. The van der Waals surface area contributed by atoms with Crippen molar-refractivity contribution in [2.75, 3.05) is 13.2 Å². The van der Waals surface area contributed by atoms with Gasteiger partial charge in [-0.3, -0.25) is 0 Å². The van der Waals surface area contributed by atoms with Crippen molar-refractivity contribution in [1.82, 2.24) is 0 Å². The Bertz CT molecular complexity index is 143. The molecule has 0 saturated carbocycles. The lowest BCUT2D eigenvalue weighted by Crippen LogP contribution is -2.33. The highest BCUT2D eigenvalue weighted by molar-refractivity contribution is 4.81. The van der Waals surface area contributed by atoms with Crippen molar-refractivity contribution < 1.29 is 13.5 Å². The Morgan fingerprint density at radius 2 is 2.25 bits per heavy atom. The van der Waals surface area contributed by atoms with Crippen LogP contribution in [0.3, 0.4) is 0 Å². The predicted octanol–water partition coefficient (Wildman–Crippen LogP) is 1.25. The summed E-state index contributed by atoms with van der Waals surface area (Å²) in [6.07, 6.45) is -1.66. The zero-order valence-electron chi connectivity index (χ0n) is 7.17. The molecular formula is C8H15F2NO. The summed E-state index contributed by atoms with van der Waals surface area (Å²) in [4.78, 5) is 0. The largest absolute Gasteiger partial charge is 0.378 e. The maximum absolute atomic E-state index is 12.4. The zero-order valence-corrected chi connectivity index (χ0v) is 7.17. The van der Waals surface area contributed by atoms with Crippen molar-refractivity contribution in [3.63, 3.8) is 0 Å². The van der Waals surface area contributed by atoms with Crippen LogP contribution in [0.1, 0.15) is 13.3 Å². The highest BCUT2D eigenvalue weighted by Gasteiger charge is 2.35. The molecule has 0 aromatic rings. The van der Waals surface area contributed by atoms with Crippen LogP contribution >= 0.6 is 0 Å². The second-order valence-electron chi connectivity index (χ2n) is 3.26. The van der Waals surface area contributed by atoms with Crippen molar-refractivity contribution in [1.29, 1.82) is 0 Å². The highest BCUT2D eigenvalue weighted by atomic mass is 19.3. The van der Waals surface area contributed by atoms with Crippen molar-refractivity contribution in [3.8, 4) is 0 Å². The molecule has 0 spiro atoms. The Morgan fingerprint density at radius 3 is 2.58 bits per heavy atom. The van der Waals surface area contributed by atoms with E-state index in [4.69, 9.17) is 10.5 Å². The van der Waals surface area contributed by atoms with Gasteiger partial charge in [-0.25, -0.2) is 8.78 Å². The van der Waals surface area contributed by atoms with Crippen LogP contribution in [-0.2, 0) is 4.74 Å². The summed E-state index contributed by atoms with van der Waals surface area (Å²) in [5, 5.41) is 0. The van der Waals surface area contributed by atoms with Gasteiger partial charge in [0, 0.05) is 19.1 Å². The fraction of sp³-hybridized carbons (Fsp3) is 1.00. The molecular weight excluding hydrogens is 164 g/mol. The molecule has 1 aliphatic rings.